The van der Waals surface area contributed by atoms with Crippen molar-refractivity contribution in [3.63, 3.8) is 0 Å². The Hall–Kier alpha value is -7.39. The number of nitrogens with zero attached hydrogens (tertiary/aromatic N) is 5. The highest BCUT2D eigenvalue weighted by atomic mass is 15.0. The van der Waals surface area contributed by atoms with Crippen LogP contribution in [0.3, 0.4) is 0 Å². The van der Waals surface area contributed by atoms with E-state index in [2.05, 4.69) is 122 Å². The van der Waals surface area contributed by atoms with Gasteiger partial charge in [-0.2, -0.15) is 5.26 Å². The normalized spacial score (nSPS) is 11.1. The van der Waals surface area contributed by atoms with Gasteiger partial charge in [-0.25, -0.2) is 9.69 Å². The van der Waals surface area contributed by atoms with Crippen LogP contribution in [0, 0.1) is 24.5 Å². The van der Waals surface area contributed by atoms with Crippen LogP contribution in [-0.4, -0.2) is 9.13 Å². The summed E-state index contributed by atoms with van der Waals surface area (Å²) in [6.07, 6.45) is 0. The van der Waals surface area contributed by atoms with E-state index in [0.29, 0.717) is 16.9 Å². The van der Waals surface area contributed by atoms with Crippen molar-refractivity contribution in [3.8, 4) is 39.7 Å². The summed E-state index contributed by atoms with van der Waals surface area (Å²) < 4.78 is 4.47. The molecule has 0 N–H and O–H groups in total. The van der Waals surface area contributed by atoms with Crippen LogP contribution in [0.4, 0.5) is 11.4 Å². The zero-order valence-corrected chi connectivity index (χ0v) is 26.7. The Kier molecular flexibility index (Phi) is 6.56. The number of rotatable bonds is 4. The molecule has 2 aromatic heterocycles. The molecule has 0 fully saturated rings. The molecule has 9 rings (SSSR count). The zero-order chi connectivity index (χ0) is 33.8. The molecule has 2 heterocycles. The lowest BCUT2D eigenvalue weighted by Crippen LogP contribution is -1.98. The minimum atomic E-state index is 0.534. The van der Waals surface area contributed by atoms with Crippen LogP contribution in [-0.2, 0) is 0 Å². The Morgan fingerprint density at radius 2 is 1.08 bits per heavy atom. The topological polar surface area (TPSA) is 42.4 Å². The zero-order valence-electron chi connectivity index (χ0n) is 26.7. The summed E-state index contributed by atoms with van der Waals surface area (Å²) in [5.41, 5.74) is 11.5. The number of hydrogen-bond donors (Lipinski definition) is 0. The molecule has 0 unspecified atom stereocenters. The van der Waals surface area contributed by atoms with Gasteiger partial charge < -0.3 is 9.13 Å². The summed E-state index contributed by atoms with van der Waals surface area (Å²) in [7, 11) is 0. The minimum absolute atomic E-state index is 0.534. The van der Waals surface area contributed by atoms with Gasteiger partial charge >= 0.3 is 0 Å². The summed E-state index contributed by atoms with van der Waals surface area (Å²) in [6.45, 7) is 15.9. The first-order valence-corrected chi connectivity index (χ1v) is 16.2. The van der Waals surface area contributed by atoms with Gasteiger partial charge in [0.05, 0.1) is 47.0 Å². The van der Waals surface area contributed by atoms with Gasteiger partial charge in [0, 0.05) is 38.3 Å². The Balaban J connectivity index is 1.30. The van der Waals surface area contributed by atoms with E-state index in [4.69, 9.17) is 13.1 Å². The highest BCUT2D eigenvalue weighted by Crippen LogP contribution is 2.43. The molecule has 7 aromatic carbocycles. The molecule has 0 aliphatic rings. The second-order valence-electron chi connectivity index (χ2n) is 12.2. The molecule has 0 atom stereocenters. The van der Waals surface area contributed by atoms with Crippen molar-refractivity contribution in [2.75, 3.05) is 0 Å². The number of nitriles is 1. The fourth-order valence-corrected chi connectivity index (χ4v) is 7.43. The predicted molar refractivity (Wildman–Crippen MR) is 203 cm³/mol. The van der Waals surface area contributed by atoms with Gasteiger partial charge in [0.1, 0.15) is 0 Å². The van der Waals surface area contributed by atoms with Crippen LogP contribution in [0.5, 0.6) is 0 Å². The van der Waals surface area contributed by atoms with E-state index in [0.717, 1.165) is 66.5 Å². The van der Waals surface area contributed by atoms with E-state index in [1.807, 2.05) is 54.6 Å². The number of aromatic nitrogens is 2. The molecule has 50 heavy (non-hydrogen) atoms. The summed E-state index contributed by atoms with van der Waals surface area (Å²) >= 11 is 0. The average Bonchev–Trinajstić information content (AvgIpc) is 3.69. The smallest absolute Gasteiger partial charge is 0.195 e. The quantitative estimate of drug-likeness (QED) is 0.177. The van der Waals surface area contributed by atoms with Gasteiger partial charge in [0.25, 0.3) is 0 Å². The first kappa shape index (κ1) is 28.8. The lowest BCUT2D eigenvalue weighted by Gasteiger charge is -2.18. The summed E-state index contributed by atoms with van der Waals surface area (Å²) in [5, 5.41) is 14.0. The minimum Gasteiger partial charge on any atom is -0.311 e. The molecular formula is C45H25N5. The van der Waals surface area contributed by atoms with Gasteiger partial charge in [-0.15, -0.1) is 0 Å². The second-order valence-corrected chi connectivity index (χ2v) is 12.2. The molecule has 0 saturated carbocycles. The van der Waals surface area contributed by atoms with E-state index < -0.39 is 0 Å². The van der Waals surface area contributed by atoms with Crippen molar-refractivity contribution in [1.29, 1.82) is 5.26 Å². The average molecular weight is 636 g/mol. The van der Waals surface area contributed by atoms with Gasteiger partial charge in [-0.05, 0) is 71.3 Å². The number of para-hydroxylation sites is 3. The van der Waals surface area contributed by atoms with Gasteiger partial charge in [-0.3, -0.25) is 0 Å². The lowest BCUT2D eigenvalue weighted by molar-refractivity contribution is 1.18. The van der Waals surface area contributed by atoms with Crippen molar-refractivity contribution < 1.29 is 0 Å². The number of hydrogen-bond acceptors (Lipinski definition) is 1. The lowest BCUT2D eigenvalue weighted by atomic mass is 9.92. The van der Waals surface area contributed by atoms with Gasteiger partial charge in [0.2, 0.25) is 0 Å². The molecule has 230 valence electrons. The van der Waals surface area contributed by atoms with E-state index >= 15 is 0 Å². The molecule has 0 aliphatic carbocycles. The molecule has 0 amide bonds. The van der Waals surface area contributed by atoms with Crippen molar-refractivity contribution in [2.24, 2.45) is 0 Å². The van der Waals surface area contributed by atoms with Crippen LogP contribution in [0.2, 0.25) is 0 Å². The predicted octanol–water partition coefficient (Wildman–Crippen LogP) is 12.2. The van der Waals surface area contributed by atoms with Crippen molar-refractivity contribution in [2.45, 2.75) is 0 Å². The summed E-state index contributed by atoms with van der Waals surface area (Å²) in [5.74, 6) is 0. The number of benzene rings is 7. The third kappa shape index (κ3) is 4.31. The molecule has 5 heteroatoms. The fraction of sp³-hybridized carbons (Fsp3) is 0. The van der Waals surface area contributed by atoms with Crippen molar-refractivity contribution in [1.82, 2.24) is 9.13 Å². The highest BCUT2D eigenvalue weighted by molar-refractivity contribution is 6.11. The Morgan fingerprint density at radius 1 is 0.460 bits per heavy atom. The Morgan fingerprint density at radius 3 is 1.78 bits per heavy atom. The summed E-state index contributed by atoms with van der Waals surface area (Å²) in [4.78, 5) is 7.70. The summed E-state index contributed by atoms with van der Waals surface area (Å²) in [6, 6.07) is 53.3. The van der Waals surface area contributed by atoms with Crippen LogP contribution >= 0.6 is 0 Å². The first-order chi connectivity index (χ1) is 24.7. The van der Waals surface area contributed by atoms with E-state index in [1.165, 1.54) is 10.8 Å². The van der Waals surface area contributed by atoms with Gasteiger partial charge in [-0.1, -0.05) is 97.1 Å². The maximum absolute atomic E-state index is 9.67. The van der Waals surface area contributed by atoms with Crippen LogP contribution in [0.1, 0.15) is 5.56 Å². The van der Waals surface area contributed by atoms with E-state index in [1.54, 1.807) is 0 Å². The maximum Gasteiger partial charge on any atom is 0.195 e. The largest absolute Gasteiger partial charge is 0.311 e. The first-order valence-electron chi connectivity index (χ1n) is 16.2. The van der Waals surface area contributed by atoms with E-state index in [-0.39, 0.29) is 0 Å². The van der Waals surface area contributed by atoms with Crippen LogP contribution in [0.25, 0.3) is 86.9 Å². The highest BCUT2D eigenvalue weighted by Gasteiger charge is 2.20. The SMILES string of the molecule is [C-]#[N+]c1ccc2c3cc(C#N)ccc3n(-c3ccc([N+]#[C-])c(-c4ccccc4-c4ccccc4-n4c5ccccc5c5ccccc54)c3)c2c1. The maximum atomic E-state index is 9.67. The molecule has 0 spiro atoms. The molecule has 5 nitrogen and oxygen atoms in total. The van der Waals surface area contributed by atoms with E-state index in [9.17, 15) is 5.26 Å². The third-order valence-corrected chi connectivity index (χ3v) is 9.60. The molecule has 0 saturated heterocycles. The molecule has 0 aliphatic heterocycles. The molecule has 9 aromatic rings. The van der Waals surface area contributed by atoms with Crippen molar-refractivity contribution >= 4 is 55.0 Å². The van der Waals surface area contributed by atoms with Crippen LogP contribution in [0.15, 0.2) is 152 Å². The Labute approximate surface area is 288 Å². The van der Waals surface area contributed by atoms with Crippen LogP contribution < -0.4 is 0 Å². The molecule has 0 bridgehead atoms. The third-order valence-electron chi connectivity index (χ3n) is 9.60. The standard InChI is InChI=1S/C45H25N5/c1-47-30-20-22-37-39-25-29(28-46)19-24-44(39)49(45(37)26-30)31-21-23-40(48-2)38(27-31)33-12-4-3-11-32(33)34-13-5-8-16-41(34)50-42-17-9-6-14-35(42)36-15-7-10-18-43(36)50/h3-27H. The van der Waals surface area contributed by atoms with Gasteiger partial charge in [0.15, 0.2) is 11.4 Å². The monoisotopic (exact) mass is 635 g/mol. The molecule has 0 radical (unpaired) electrons. The second kappa shape index (κ2) is 11.4. The molecular weight excluding hydrogens is 611 g/mol. The van der Waals surface area contributed by atoms with Crippen molar-refractivity contribution in [3.05, 3.63) is 180 Å². The Bertz CT molecular complexity index is 2920. The fourth-order valence-electron chi connectivity index (χ4n) is 7.43. The number of fused-ring (bicyclic) bond motifs is 6.